The molecule has 0 aliphatic carbocycles. The van der Waals surface area contributed by atoms with Gasteiger partial charge in [-0.1, -0.05) is 42.5 Å². The predicted molar refractivity (Wildman–Crippen MR) is 104 cm³/mol. The maximum absolute atomic E-state index is 12.0. The van der Waals surface area contributed by atoms with Gasteiger partial charge in [-0.3, -0.25) is 0 Å². The van der Waals surface area contributed by atoms with Gasteiger partial charge in [0.2, 0.25) is 0 Å². The zero-order valence-electron chi connectivity index (χ0n) is 15.1. The Morgan fingerprint density at radius 2 is 1.70 bits per heavy atom. The minimum absolute atomic E-state index is 0.254. The molecule has 0 fully saturated rings. The molecule has 0 spiro atoms. The molecule has 0 radical (unpaired) electrons. The number of rotatable bonds is 6. The normalized spacial score (nSPS) is 12.6. The first-order valence-electron chi connectivity index (χ1n) is 8.44. The van der Waals surface area contributed by atoms with Gasteiger partial charge in [0.25, 0.3) is 0 Å². The van der Waals surface area contributed by atoms with E-state index in [1.54, 1.807) is 24.3 Å². The van der Waals surface area contributed by atoms with Crippen LogP contribution in [0.5, 0.6) is 0 Å². The van der Waals surface area contributed by atoms with Gasteiger partial charge in [-0.25, -0.2) is 18.4 Å². The molecule has 7 heteroatoms. The molecule has 0 bridgehead atoms. The minimum atomic E-state index is -3.32. The standard InChI is InChI=1S/C20H21N3O3S/c1-14-11-18(22-19(13-24)21-14)23-20(15-7-4-3-5-8-15)16-9-6-10-17(12-16)27(2,25)26/h3-12,20,24H,13H2,1-2H3,(H,21,22,23). The van der Waals surface area contributed by atoms with E-state index >= 15 is 0 Å². The van der Waals surface area contributed by atoms with Crippen LogP contribution in [0.25, 0.3) is 0 Å². The molecule has 0 saturated heterocycles. The van der Waals surface area contributed by atoms with Gasteiger partial charge in [0.1, 0.15) is 12.4 Å². The third-order valence-electron chi connectivity index (χ3n) is 4.09. The van der Waals surface area contributed by atoms with Gasteiger partial charge in [0.05, 0.1) is 10.9 Å². The Morgan fingerprint density at radius 3 is 2.37 bits per heavy atom. The molecule has 1 heterocycles. The van der Waals surface area contributed by atoms with E-state index in [9.17, 15) is 13.5 Å². The van der Waals surface area contributed by atoms with Crippen molar-refractivity contribution in [3.63, 3.8) is 0 Å². The number of benzene rings is 2. The van der Waals surface area contributed by atoms with Crippen LogP contribution in [-0.2, 0) is 16.4 Å². The van der Waals surface area contributed by atoms with E-state index in [4.69, 9.17) is 0 Å². The Morgan fingerprint density at radius 1 is 1.00 bits per heavy atom. The molecule has 3 rings (SSSR count). The molecule has 2 N–H and O–H groups in total. The van der Waals surface area contributed by atoms with Gasteiger partial charge < -0.3 is 10.4 Å². The highest BCUT2D eigenvalue weighted by atomic mass is 32.2. The monoisotopic (exact) mass is 383 g/mol. The van der Waals surface area contributed by atoms with E-state index in [0.29, 0.717) is 11.6 Å². The summed E-state index contributed by atoms with van der Waals surface area (Å²) in [6, 6.07) is 18.0. The number of nitrogens with zero attached hydrogens (tertiary/aromatic N) is 2. The summed E-state index contributed by atoms with van der Waals surface area (Å²) in [5, 5.41) is 12.7. The fourth-order valence-corrected chi connectivity index (χ4v) is 3.53. The molecule has 27 heavy (non-hydrogen) atoms. The van der Waals surface area contributed by atoms with Crippen molar-refractivity contribution in [3.8, 4) is 0 Å². The van der Waals surface area contributed by atoms with Crippen LogP contribution in [0.3, 0.4) is 0 Å². The number of aliphatic hydroxyl groups is 1. The number of aliphatic hydroxyl groups excluding tert-OH is 1. The van der Waals surface area contributed by atoms with Crippen molar-refractivity contribution in [2.75, 3.05) is 11.6 Å². The molecule has 1 aromatic heterocycles. The van der Waals surface area contributed by atoms with E-state index in [1.165, 1.54) is 6.26 Å². The van der Waals surface area contributed by atoms with E-state index in [2.05, 4.69) is 15.3 Å². The smallest absolute Gasteiger partial charge is 0.175 e. The molecule has 6 nitrogen and oxygen atoms in total. The van der Waals surface area contributed by atoms with Gasteiger partial charge in [-0.15, -0.1) is 0 Å². The first-order chi connectivity index (χ1) is 12.9. The number of hydrogen-bond donors (Lipinski definition) is 2. The van der Waals surface area contributed by atoms with Crippen LogP contribution in [0, 0.1) is 6.92 Å². The number of aryl methyl sites for hydroxylation is 1. The summed E-state index contributed by atoms with van der Waals surface area (Å²) in [6.45, 7) is 1.57. The molecular formula is C20H21N3O3S. The first-order valence-corrected chi connectivity index (χ1v) is 10.3. The number of sulfone groups is 1. The largest absolute Gasteiger partial charge is 0.388 e. The number of anilines is 1. The average Bonchev–Trinajstić information content (AvgIpc) is 2.66. The fraction of sp³-hybridized carbons (Fsp3) is 0.200. The number of nitrogens with one attached hydrogen (secondary N) is 1. The van der Waals surface area contributed by atoms with Crippen molar-refractivity contribution in [1.29, 1.82) is 0 Å². The van der Waals surface area contributed by atoms with Crippen LogP contribution in [0.1, 0.15) is 28.7 Å². The van der Waals surface area contributed by atoms with Crippen LogP contribution in [-0.4, -0.2) is 29.7 Å². The maximum Gasteiger partial charge on any atom is 0.175 e. The Bertz CT molecular complexity index is 1040. The van der Waals surface area contributed by atoms with Crippen LogP contribution >= 0.6 is 0 Å². The summed E-state index contributed by atoms with van der Waals surface area (Å²) >= 11 is 0. The summed E-state index contributed by atoms with van der Waals surface area (Å²) in [5.41, 5.74) is 2.49. The quantitative estimate of drug-likeness (QED) is 0.680. The molecule has 140 valence electrons. The van der Waals surface area contributed by atoms with Gasteiger partial charge in [-0.05, 0) is 30.2 Å². The molecule has 1 unspecified atom stereocenters. The Labute approximate surface area is 158 Å². The summed E-state index contributed by atoms with van der Waals surface area (Å²) in [4.78, 5) is 8.76. The van der Waals surface area contributed by atoms with Gasteiger partial charge in [0, 0.05) is 18.0 Å². The molecule has 0 saturated carbocycles. The van der Waals surface area contributed by atoms with Crippen LogP contribution in [0.15, 0.2) is 65.6 Å². The SMILES string of the molecule is Cc1cc(NC(c2ccccc2)c2cccc(S(C)(=O)=O)c2)nc(CO)n1. The highest BCUT2D eigenvalue weighted by Crippen LogP contribution is 2.28. The van der Waals surface area contributed by atoms with E-state index in [0.717, 1.165) is 16.8 Å². The van der Waals surface area contributed by atoms with Crippen LogP contribution in [0.2, 0.25) is 0 Å². The lowest BCUT2D eigenvalue weighted by atomic mass is 9.98. The molecule has 2 aromatic carbocycles. The molecule has 0 aliphatic rings. The fourth-order valence-electron chi connectivity index (χ4n) is 2.85. The Hall–Kier alpha value is -2.77. The third kappa shape index (κ3) is 4.69. The number of aromatic nitrogens is 2. The van der Waals surface area contributed by atoms with E-state index in [-0.39, 0.29) is 17.5 Å². The van der Waals surface area contributed by atoms with Crippen LogP contribution < -0.4 is 5.32 Å². The Kier molecular flexibility index (Phi) is 5.53. The molecule has 1 atom stereocenters. The van der Waals surface area contributed by atoms with Crippen molar-refractivity contribution < 1.29 is 13.5 Å². The van der Waals surface area contributed by atoms with Crippen molar-refractivity contribution in [1.82, 2.24) is 9.97 Å². The lowest BCUT2D eigenvalue weighted by Gasteiger charge is -2.21. The van der Waals surface area contributed by atoms with E-state index < -0.39 is 9.84 Å². The van der Waals surface area contributed by atoms with E-state index in [1.807, 2.05) is 43.3 Å². The Balaban J connectivity index is 2.07. The van der Waals surface area contributed by atoms with Gasteiger partial charge in [-0.2, -0.15) is 0 Å². The number of hydrogen-bond acceptors (Lipinski definition) is 6. The van der Waals surface area contributed by atoms with Crippen molar-refractivity contribution in [2.24, 2.45) is 0 Å². The summed E-state index contributed by atoms with van der Waals surface area (Å²) in [7, 11) is -3.32. The maximum atomic E-state index is 12.0. The first kappa shape index (κ1) is 19.0. The minimum Gasteiger partial charge on any atom is -0.388 e. The molecular weight excluding hydrogens is 362 g/mol. The van der Waals surface area contributed by atoms with Crippen molar-refractivity contribution in [3.05, 3.63) is 83.3 Å². The zero-order chi connectivity index (χ0) is 19.4. The van der Waals surface area contributed by atoms with Crippen LogP contribution in [0.4, 0.5) is 5.82 Å². The van der Waals surface area contributed by atoms with Gasteiger partial charge in [0.15, 0.2) is 15.7 Å². The molecule has 0 amide bonds. The summed E-state index contributed by atoms with van der Waals surface area (Å²) in [5.74, 6) is 0.888. The zero-order valence-corrected chi connectivity index (χ0v) is 15.9. The highest BCUT2D eigenvalue weighted by Gasteiger charge is 2.17. The topological polar surface area (TPSA) is 92.2 Å². The highest BCUT2D eigenvalue weighted by molar-refractivity contribution is 7.90. The summed E-state index contributed by atoms with van der Waals surface area (Å²) in [6.07, 6.45) is 1.19. The predicted octanol–water partition coefficient (Wildman–Crippen LogP) is 2.88. The molecule has 3 aromatic rings. The lowest BCUT2D eigenvalue weighted by Crippen LogP contribution is -2.15. The van der Waals surface area contributed by atoms with Gasteiger partial charge >= 0.3 is 0 Å². The average molecular weight is 383 g/mol. The second-order valence-electron chi connectivity index (χ2n) is 6.30. The third-order valence-corrected chi connectivity index (χ3v) is 5.20. The van der Waals surface area contributed by atoms with Crippen molar-refractivity contribution in [2.45, 2.75) is 24.5 Å². The second kappa shape index (κ2) is 7.85. The van der Waals surface area contributed by atoms with Crippen molar-refractivity contribution >= 4 is 15.7 Å². The lowest BCUT2D eigenvalue weighted by molar-refractivity contribution is 0.271. The summed E-state index contributed by atoms with van der Waals surface area (Å²) < 4.78 is 23.9. The second-order valence-corrected chi connectivity index (χ2v) is 8.32. The molecule has 0 aliphatic heterocycles.